The third-order valence-electron chi connectivity index (χ3n) is 5.86. The number of amides is 1. The molecule has 1 saturated heterocycles. The summed E-state index contributed by atoms with van der Waals surface area (Å²) in [6.45, 7) is 0.641. The van der Waals surface area contributed by atoms with Gasteiger partial charge < -0.3 is 9.64 Å². The first-order chi connectivity index (χ1) is 13.2. The molecule has 0 unspecified atom stereocenters. The minimum absolute atomic E-state index is 0.0975. The molecular formula is C23H25NO3. The van der Waals surface area contributed by atoms with Crippen LogP contribution in [0.3, 0.4) is 0 Å². The first-order valence-electron chi connectivity index (χ1n) is 9.86. The van der Waals surface area contributed by atoms with Gasteiger partial charge in [0.15, 0.2) is 0 Å². The molecule has 2 aliphatic rings. The van der Waals surface area contributed by atoms with Gasteiger partial charge in [0.2, 0.25) is 0 Å². The maximum Gasteiger partial charge on any atom is 0.338 e. The Kier molecular flexibility index (Phi) is 5.23. The summed E-state index contributed by atoms with van der Waals surface area (Å²) in [6.07, 6.45) is 4.85. The minimum Gasteiger partial charge on any atom is -0.458 e. The number of nitrogens with zero attached hydrogens (tertiary/aromatic N) is 1. The number of benzene rings is 2. The van der Waals surface area contributed by atoms with Crippen molar-refractivity contribution in [3.05, 3.63) is 71.8 Å². The van der Waals surface area contributed by atoms with E-state index < -0.39 is 0 Å². The lowest BCUT2D eigenvalue weighted by atomic mass is 9.76. The summed E-state index contributed by atoms with van der Waals surface area (Å²) in [6, 6.07) is 18.8. The summed E-state index contributed by atoms with van der Waals surface area (Å²) in [5.41, 5.74) is 1.33. The van der Waals surface area contributed by atoms with Gasteiger partial charge in [-0.05, 0) is 37.1 Å². The fraction of sp³-hybridized carbons (Fsp3) is 0.391. The lowest BCUT2D eigenvalue weighted by Crippen LogP contribution is -2.55. The molecule has 0 bridgehead atoms. The molecule has 1 saturated carbocycles. The van der Waals surface area contributed by atoms with Gasteiger partial charge >= 0.3 is 5.97 Å². The molecule has 4 rings (SSSR count). The zero-order valence-electron chi connectivity index (χ0n) is 15.4. The number of esters is 1. The predicted molar refractivity (Wildman–Crippen MR) is 103 cm³/mol. The summed E-state index contributed by atoms with van der Waals surface area (Å²) < 4.78 is 5.90. The van der Waals surface area contributed by atoms with Crippen LogP contribution in [0.5, 0.6) is 0 Å². The Morgan fingerprint density at radius 3 is 2.15 bits per heavy atom. The van der Waals surface area contributed by atoms with Gasteiger partial charge in [0.05, 0.1) is 5.56 Å². The number of hydrogen-bond acceptors (Lipinski definition) is 3. The fourth-order valence-electron chi connectivity index (χ4n) is 4.53. The van der Waals surface area contributed by atoms with Crippen LogP contribution in [0.1, 0.15) is 52.8 Å². The highest BCUT2D eigenvalue weighted by Crippen LogP contribution is 2.38. The van der Waals surface area contributed by atoms with E-state index in [1.807, 2.05) is 53.4 Å². The van der Waals surface area contributed by atoms with Crippen LogP contribution < -0.4 is 0 Å². The Morgan fingerprint density at radius 2 is 1.44 bits per heavy atom. The monoisotopic (exact) mass is 363 g/mol. The number of ether oxygens (including phenoxy) is 1. The van der Waals surface area contributed by atoms with E-state index in [1.165, 1.54) is 0 Å². The van der Waals surface area contributed by atoms with Crippen LogP contribution in [0.15, 0.2) is 60.7 Å². The zero-order valence-corrected chi connectivity index (χ0v) is 15.4. The average molecular weight is 363 g/mol. The van der Waals surface area contributed by atoms with Crippen LogP contribution in [0.4, 0.5) is 0 Å². The van der Waals surface area contributed by atoms with Crippen LogP contribution in [0.25, 0.3) is 0 Å². The Morgan fingerprint density at radius 1 is 0.815 bits per heavy atom. The predicted octanol–water partition coefficient (Wildman–Crippen LogP) is 4.32. The van der Waals surface area contributed by atoms with Crippen LogP contribution in [0, 0.1) is 5.92 Å². The second-order valence-corrected chi connectivity index (χ2v) is 7.48. The van der Waals surface area contributed by atoms with Gasteiger partial charge in [-0.15, -0.1) is 0 Å². The van der Waals surface area contributed by atoms with E-state index in [1.54, 1.807) is 12.1 Å². The number of likely N-dealkylation sites (tertiary alicyclic amines) is 1. The summed E-state index contributed by atoms with van der Waals surface area (Å²) in [5.74, 6) is 0.0703. The molecule has 0 spiro atoms. The van der Waals surface area contributed by atoms with Gasteiger partial charge in [-0.25, -0.2) is 4.79 Å². The van der Waals surface area contributed by atoms with Crippen molar-refractivity contribution in [2.45, 2.75) is 44.2 Å². The third-order valence-corrected chi connectivity index (χ3v) is 5.86. The zero-order chi connectivity index (χ0) is 18.6. The molecule has 2 aromatic carbocycles. The van der Waals surface area contributed by atoms with Crippen molar-refractivity contribution >= 4 is 11.9 Å². The first kappa shape index (κ1) is 17.8. The number of carbonyl (C=O) groups excluding carboxylic acids is 2. The van der Waals surface area contributed by atoms with Gasteiger partial charge in [0.1, 0.15) is 6.10 Å². The van der Waals surface area contributed by atoms with Gasteiger partial charge in [-0.2, -0.15) is 0 Å². The molecule has 2 aromatic rings. The SMILES string of the molecule is O=C(O[C@@H]1CCN(C(=O)c2ccccc2)[C@H]2CCCC[C@H]12)c1ccccc1. The van der Waals surface area contributed by atoms with Gasteiger partial charge in [0.25, 0.3) is 5.91 Å². The molecule has 0 aromatic heterocycles. The lowest BCUT2D eigenvalue weighted by molar-refractivity contribution is -0.0447. The Bertz CT molecular complexity index is 790. The smallest absolute Gasteiger partial charge is 0.338 e. The van der Waals surface area contributed by atoms with Crippen molar-refractivity contribution < 1.29 is 14.3 Å². The van der Waals surface area contributed by atoms with Crippen molar-refractivity contribution in [2.24, 2.45) is 5.92 Å². The number of hydrogen-bond donors (Lipinski definition) is 0. The van der Waals surface area contributed by atoms with E-state index in [0.29, 0.717) is 18.5 Å². The van der Waals surface area contributed by atoms with E-state index in [2.05, 4.69) is 0 Å². The molecule has 4 heteroatoms. The van der Waals surface area contributed by atoms with E-state index in [0.717, 1.165) is 31.2 Å². The van der Waals surface area contributed by atoms with Gasteiger partial charge in [-0.3, -0.25) is 4.79 Å². The second-order valence-electron chi connectivity index (χ2n) is 7.48. The molecular weight excluding hydrogens is 338 g/mol. The molecule has 27 heavy (non-hydrogen) atoms. The molecule has 1 aliphatic carbocycles. The van der Waals surface area contributed by atoms with Crippen molar-refractivity contribution in [3.8, 4) is 0 Å². The number of carbonyl (C=O) groups is 2. The Labute approximate surface area is 160 Å². The highest BCUT2D eigenvalue weighted by atomic mass is 16.5. The standard InChI is InChI=1S/C23H25NO3/c25-22(17-9-3-1-4-10-17)24-16-15-21(19-13-7-8-14-20(19)24)27-23(26)18-11-5-2-6-12-18/h1-6,9-12,19-21H,7-8,13-16H2/t19-,20-,21+/m0/s1. The Hall–Kier alpha value is -2.62. The van der Waals surface area contributed by atoms with Crippen LogP contribution in [0.2, 0.25) is 0 Å². The summed E-state index contributed by atoms with van der Waals surface area (Å²) in [7, 11) is 0. The topological polar surface area (TPSA) is 46.6 Å². The van der Waals surface area contributed by atoms with Crippen molar-refractivity contribution in [1.82, 2.24) is 4.90 Å². The Balaban J connectivity index is 1.50. The molecule has 140 valence electrons. The maximum atomic E-state index is 13.0. The van der Waals surface area contributed by atoms with Gasteiger partial charge in [-0.1, -0.05) is 49.2 Å². The van der Waals surface area contributed by atoms with Crippen molar-refractivity contribution in [3.63, 3.8) is 0 Å². The van der Waals surface area contributed by atoms with E-state index in [4.69, 9.17) is 4.74 Å². The quantitative estimate of drug-likeness (QED) is 0.763. The summed E-state index contributed by atoms with van der Waals surface area (Å²) >= 11 is 0. The molecule has 0 N–H and O–H groups in total. The van der Waals surface area contributed by atoms with Crippen molar-refractivity contribution in [1.29, 1.82) is 0 Å². The summed E-state index contributed by atoms with van der Waals surface area (Å²) in [5, 5.41) is 0. The molecule has 1 aliphatic heterocycles. The number of fused-ring (bicyclic) bond motifs is 1. The average Bonchev–Trinajstić information content (AvgIpc) is 2.75. The molecule has 1 amide bonds. The third kappa shape index (κ3) is 3.75. The maximum absolute atomic E-state index is 13.0. The minimum atomic E-state index is -0.257. The van der Waals surface area contributed by atoms with E-state index in [-0.39, 0.29) is 29.9 Å². The van der Waals surface area contributed by atoms with Crippen molar-refractivity contribution in [2.75, 3.05) is 6.54 Å². The molecule has 1 heterocycles. The highest BCUT2D eigenvalue weighted by Gasteiger charge is 2.43. The van der Waals surface area contributed by atoms with Gasteiger partial charge in [0, 0.05) is 30.5 Å². The highest BCUT2D eigenvalue weighted by molar-refractivity contribution is 5.94. The molecule has 4 nitrogen and oxygen atoms in total. The number of rotatable bonds is 3. The fourth-order valence-corrected chi connectivity index (χ4v) is 4.53. The lowest BCUT2D eigenvalue weighted by Gasteiger charge is -2.47. The van der Waals surface area contributed by atoms with E-state index >= 15 is 0 Å². The molecule has 2 fully saturated rings. The van der Waals surface area contributed by atoms with E-state index in [9.17, 15) is 9.59 Å². The van der Waals surface area contributed by atoms with Crippen LogP contribution in [-0.4, -0.2) is 35.5 Å². The number of piperidine rings is 1. The first-order valence-corrected chi connectivity index (χ1v) is 9.86. The normalized spacial score (nSPS) is 24.7. The second kappa shape index (κ2) is 7.95. The largest absolute Gasteiger partial charge is 0.458 e. The van der Waals surface area contributed by atoms with Crippen LogP contribution in [-0.2, 0) is 4.74 Å². The molecule has 0 radical (unpaired) electrons. The van der Waals surface area contributed by atoms with Crippen LogP contribution >= 0.6 is 0 Å². The summed E-state index contributed by atoms with van der Waals surface area (Å²) in [4.78, 5) is 27.6. The molecule has 3 atom stereocenters.